The summed E-state index contributed by atoms with van der Waals surface area (Å²) in [7, 11) is 3.93. The Morgan fingerprint density at radius 3 is 2.88 bits per heavy atom. The Hall–Kier alpha value is -0.160. The predicted octanol–water partition coefficient (Wildman–Crippen LogP) is 0.376. The standard InChI is InChI=1S/C12H27N3O/c1-11-9-14(2)6-4-7-15(11)10-12(13)5-8-16-3/h11-12H,4-10,13H2,1-3H3. The molecule has 0 aromatic heterocycles. The molecule has 1 saturated heterocycles. The monoisotopic (exact) mass is 229 g/mol. The van der Waals surface area contributed by atoms with Gasteiger partial charge in [0.05, 0.1) is 0 Å². The number of hydrogen-bond donors (Lipinski definition) is 1. The van der Waals surface area contributed by atoms with Gasteiger partial charge in [-0.25, -0.2) is 0 Å². The van der Waals surface area contributed by atoms with Gasteiger partial charge in [-0.3, -0.25) is 4.90 Å². The molecule has 4 heteroatoms. The van der Waals surface area contributed by atoms with Crippen molar-refractivity contribution in [3.63, 3.8) is 0 Å². The molecule has 2 unspecified atom stereocenters. The zero-order chi connectivity index (χ0) is 12.0. The SMILES string of the molecule is COCCC(N)CN1CCCN(C)CC1C. The van der Waals surface area contributed by atoms with E-state index in [1.807, 2.05) is 0 Å². The van der Waals surface area contributed by atoms with E-state index in [1.54, 1.807) is 7.11 Å². The van der Waals surface area contributed by atoms with Crippen molar-refractivity contribution in [2.24, 2.45) is 5.73 Å². The number of hydrogen-bond acceptors (Lipinski definition) is 4. The number of nitrogens with two attached hydrogens (primary N) is 1. The highest BCUT2D eigenvalue weighted by molar-refractivity contribution is 4.78. The first-order valence-electron chi connectivity index (χ1n) is 6.30. The lowest BCUT2D eigenvalue weighted by atomic mass is 10.2. The topological polar surface area (TPSA) is 41.7 Å². The molecule has 4 nitrogen and oxygen atoms in total. The minimum atomic E-state index is 0.241. The van der Waals surface area contributed by atoms with E-state index in [0.717, 1.165) is 26.1 Å². The van der Waals surface area contributed by atoms with E-state index < -0.39 is 0 Å². The largest absolute Gasteiger partial charge is 0.385 e. The normalized spacial score (nSPS) is 26.6. The Kier molecular flexibility index (Phi) is 6.28. The molecule has 0 aromatic carbocycles. The summed E-state index contributed by atoms with van der Waals surface area (Å²) >= 11 is 0. The Morgan fingerprint density at radius 1 is 1.44 bits per heavy atom. The van der Waals surface area contributed by atoms with Crippen LogP contribution < -0.4 is 5.73 Å². The van der Waals surface area contributed by atoms with Gasteiger partial charge in [-0.1, -0.05) is 0 Å². The van der Waals surface area contributed by atoms with Crippen LogP contribution in [0.1, 0.15) is 19.8 Å². The van der Waals surface area contributed by atoms with Crippen molar-refractivity contribution >= 4 is 0 Å². The molecule has 1 aliphatic rings. The van der Waals surface area contributed by atoms with Crippen molar-refractivity contribution in [1.82, 2.24) is 9.80 Å². The van der Waals surface area contributed by atoms with Crippen molar-refractivity contribution in [3.8, 4) is 0 Å². The van der Waals surface area contributed by atoms with Crippen LogP contribution in [0.2, 0.25) is 0 Å². The van der Waals surface area contributed by atoms with E-state index in [0.29, 0.717) is 6.04 Å². The molecule has 2 N–H and O–H groups in total. The summed E-state index contributed by atoms with van der Waals surface area (Å²) < 4.78 is 5.06. The first-order chi connectivity index (χ1) is 7.63. The molecule has 1 fully saturated rings. The lowest BCUT2D eigenvalue weighted by molar-refractivity contribution is 0.158. The molecule has 16 heavy (non-hydrogen) atoms. The van der Waals surface area contributed by atoms with Crippen LogP contribution in [-0.4, -0.2) is 68.8 Å². The fourth-order valence-corrected chi connectivity index (χ4v) is 2.35. The van der Waals surface area contributed by atoms with E-state index in [-0.39, 0.29) is 6.04 Å². The van der Waals surface area contributed by atoms with Crippen LogP contribution in [-0.2, 0) is 4.74 Å². The van der Waals surface area contributed by atoms with Crippen LogP contribution >= 0.6 is 0 Å². The van der Waals surface area contributed by atoms with Gasteiger partial charge in [0.2, 0.25) is 0 Å². The van der Waals surface area contributed by atoms with Crippen LogP contribution in [0.4, 0.5) is 0 Å². The minimum absolute atomic E-state index is 0.241. The van der Waals surface area contributed by atoms with Crippen molar-refractivity contribution in [1.29, 1.82) is 0 Å². The Balaban J connectivity index is 2.33. The van der Waals surface area contributed by atoms with E-state index in [2.05, 4.69) is 23.8 Å². The zero-order valence-corrected chi connectivity index (χ0v) is 11.0. The number of ether oxygens (including phenoxy) is 1. The Bertz CT molecular complexity index is 189. The van der Waals surface area contributed by atoms with Gasteiger partial charge >= 0.3 is 0 Å². The molecule has 1 heterocycles. The number of methoxy groups -OCH3 is 1. The molecule has 2 atom stereocenters. The van der Waals surface area contributed by atoms with Gasteiger partial charge < -0.3 is 15.4 Å². The van der Waals surface area contributed by atoms with Gasteiger partial charge in [0, 0.05) is 38.9 Å². The number of rotatable bonds is 5. The molecule has 96 valence electrons. The third kappa shape index (κ3) is 4.78. The predicted molar refractivity (Wildman–Crippen MR) is 67.6 cm³/mol. The highest BCUT2D eigenvalue weighted by Crippen LogP contribution is 2.09. The smallest absolute Gasteiger partial charge is 0.0477 e. The van der Waals surface area contributed by atoms with E-state index >= 15 is 0 Å². The second-order valence-electron chi connectivity index (χ2n) is 5.00. The maximum atomic E-state index is 6.10. The number of nitrogens with zero attached hydrogens (tertiary/aromatic N) is 2. The van der Waals surface area contributed by atoms with E-state index in [4.69, 9.17) is 10.5 Å². The average molecular weight is 229 g/mol. The minimum Gasteiger partial charge on any atom is -0.385 e. The highest BCUT2D eigenvalue weighted by atomic mass is 16.5. The molecule has 1 rings (SSSR count). The van der Waals surface area contributed by atoms with Crippen LogP contribution in [0.15, 0.2) is 0 Å². The second-order valence-corrected chi connectivity index (χ2v) is 5.00. The lowest BCUT2D eigenvalue weighted by Gasteiger charge is -2.30. The van der Waals surface area contributed by atoms with Crippen molar-refractivity contribution < 1.29 is 4.74 Å². The fourth-order valence-electron chi connectivity index (χ4n) is 2.35. The maximum absolute atomic E-state index is 6.10. The van der Waals surface area contributed by atoms with Crippen molar-refractivity contribution in [3.05, 3.63) is 0 Å². The highest BCUT2D eigenvalue weighted by Gasteiger charge is 2.20. The summed E-state index contributed by atoms with van der Waals surface area (Å²) in [6.07, 6.45) is 2.20. The van der Waals surface area contributed by atoms with Crippen molar-refractivity contribution in [2.75, 3.05) is 46.9 Å². The molecule has 0 spiro atoms. The lowest BCUT2D eigenvalue weighted by Crippen LogP contribution is -2.44. The Morgan fingerprint density at radius 2 is 2.19 bits per heavy atom. The third-order valence-electron chi connectivity index (χ3n) is 3.35. The summed E-state index contributed by atoms with van der Waals surface area (Å²) in [5, 5.41) is 0. The molecule has 0 radical (unpaired) electrons. The summed E-state index contributed by atoms with van der Waals surface area (Å²) in [5.41, 5.74) is 6.10. The van der Waals surface area contributed by atoms with Gasteiger partial charge in [0.1, 0.15) is 0 Å². The van der Waals surface area contributed by atoms with Crippen molar-refractivity contribution in [2.45, 2.75) is 31.8 Å². The summed E-state index contributed by atoms with van der Waals surface area (Å²) in [6.45, 7) is 7.59. The van der Waals surface area contributed by atoms with E-state index in [9.17, 15) is 0 Å². The molecule has 1 aliphatic heterocycles. The quantitative estimate of drug-likeness (QED) is 0.740. The molecular formula is C12H27N3O. The molecule has 0 amide bonds. The fraction of sp³-hybridized carbons (Fsp3) is 1.00. The maximum Gasteiger partial charge on any atom is 0.0477 e. The molecular weight excluding hydrogens is 202 g/mol. The van der Waals surface area contributed by atoms with Gasteiger partial charge in [-0.05, 0) is 39.9 Å². The Labute approximate surface area is 99.7 Å². The van der Waals surface area contributed by atoms with Crippen LogP contribution in [0, 0.1) is 0 Å². The second kappa shape index (κ2) is 7.22. The molecule has 0 saturated carbocycles. The molecule has 0 aromatic rings. The van der Waals surface area contributed by atoms with Gasteiger partial charge in [-0.2, -0.15) is 0 Å². The molecule has 0 bridgehead atoms. The van der Waals surface area contributed by atoms with Gasteiger partial charge in [0.15, 0.2) is 0 Å². The molecule has 0 aliphatic carbocycles. The third-order valence-corrected chi connectivity index (χ3v) is 3.35. The van der Waals surface area contributed by atoms with Gasteiger partial charge in [0.25, 0.3) is 0 Å². The first kappa shape index (κ1) is 13.9. The van der Waals surface area contributed by atoms with E-state index in [1.165, 1.54) is 19.5 Å². The van der Waals surface area contributed by atoms with Crippen LogP contribution in [0.25, 0.3) is 0 Å². The summed E-state index contributed by atoms with van der Waals surface area (Å²) in [4.78, 5) is 4.93. The van der Waals surface area contributed by atoms with Crippen LogP contribution in [0.3, 0.4) is 0 Å². The summed E-state index contributed by atoms with van der Waals surface area (Å²) in [5.74, 6) is 0. The number of likely N-dealkylation sites (N-methyl/N-ethyl adjacent to an activating group) is 1. The average Bonchev–Trinajstić information content (AvgIpc) is 2.38. The van der Waals surface area contributed by atoms with Crippen LogP contribution in [0.5, 0.6) is 0 Å². The zero-order valence-electron chi connectivity index (χ0n) is 11.0. The van der Waals surface area contributed by atoms with Gasteiger partial charge in [-0.15, -0.1) is 0 Å². The summed E-state index contributed by atoms with van der Waals surface area (Å²) in [6, 6.07) is 0.854. The first-order valence-corrected chi connectivity index (χ1v) is 6.30.